The van der Waals surface area contributed by atoms with Gasteiger partial charge in [-0.2, -0.15) is 0 Å². The molecule has 3 rings (SSSR count). The molecule has 24 heavy (non-hydrogen) atoms. The van der Waals surface area contributed by atoms with Gasteiger partial charge in [-0.3, -0.25) is 9.59 Å². The van der Waals surface area contributed by atoms with E-state index in [9.17, 15) is 9.59 Å². The summed E-state index contributed by atoms with van der Waals surface area (Å²) < 4.78 is 5.54. The number of amides is 2. The van der Waals surface area contributed by atoms with Crippen molar-refractivity contribution < 1.29 is 14.3 Å². The quantitative estimate of drug-likeness (QED) is 0.804. The average Bonchev–Trinajstić information content (AvgIpc) is 3.44. The smallest absolute Gasteiger partial charge is 0.260 e. The maximum Gasteiger partial charge on any atom is 0.260 e. The summed E-state index contributed by atoms with van der Waals surface area (Å²) in [5.74, 6) is 1.73. The van der Waals surface area contributed by atoms with E-state index in [1.165, 1.54) is 12.8 Å². The first kappa shape index (κ1) is 16.8. The molecule has 0 atom stereocenters. The molecule has 1 heterocycles. The normalized spacial score (nSPS) is 18.2. The highest BCUT2D eigenvalue weighted by molar-refractivity contribution is 5.78. The monoisotopic (exact) mass is 330 g/mol. The second-order valence-corrected chi connectivity index (χ2v) is 6.70. The summed E-state index contributed by atoms with van der Waals surface area (Å²) >= 11 is 0. The van der Waals surface area contributed by atoms with Gasteiger partial charge in [0.2, 0.25) is 5.91 Å². The van der Waals surface area contributed by atoms with Crippen LogP contribution in [-0.2, 0) is 9.59 Å². The van der Waals surface area contributed by atoms with Gasteiger partial charge in [-0.15, -0.1) is 0 Å². The number of carbonyl (C=O) groups excluding carboxylic acids is 2. The highest BCUT2D eigenvalue weighted by atomic mass is 16.5. The molecule has 2 fully saturated rings. The second kappa shape index (κ2) is 8.18. The molecular formula is C19H26N2O3. The summed E-state index contributed by atoms with van der Waals surface area (Å²) in [6, 6.07) is 9.37. The molecule has 1 saturated heterocycles. The van der Waals surface area contributed by atoms with Gasteiger partial charge in [0, 0.05) is 32.6 Å². The third-order valence-corrected chi connectivity index (χ3v) is 4.77. The lowest BCUT2D eigenvalue weighted by Gasteiger charge is -2.22. The zero-order valence-electron chi connectivity index (χ0n) is 14.2. The van der Waals surface area contributed by atoms with Crippen molar-refractivity contribution >= 4 is 11.8 Å². The van der Waals surface area contributed by atoms with Crippen LogP contribution in [0.1, 0.15) is 32.1 Å². The first-order valence-electron chi connectivity index (χ1n) is 8.96. The van der Waals surface area contributed by atoms with Gasteiger partial charge >= 0.3 is 0 Å². The van der Waals surface area contributed by atoms with Crippen LogP contribution in [0.25, 0.3) is 0 Å². The van der Waals surface area contributed by atoms with Crippen molar-refractivity contribution in [1.82, 2.24) is 9.80 Å². The fraction of sp³-hybridized carbons (Fsp3) is 0.579. The molecule has 1 aliphatic carbocycles. The Kier molecular flexibility index (Phi) is 5.72. The third kappa shape index (κ3) is 4.98. The van der Waals surface area contributed by atoms with Crippen LogP contribution < -0.4 is 4.74 Å². The molecule has 0 N–H and O–H groups in total. The Labute approximate surface area is 143 Å². The SMILES string of the molecule is O=C(CCC1CC1)N1CCCN(C(=O)COc2ccccc2)CC1. The molecule has 1 aromatic rings. The fourth-order valence-corrected chi connectivity index (χ4v) is 3.06. The summed E-state index contributed by atoms with van der Waals surface area (Å²) in [4.78, 5) is 28.3. The number of hydrogen-bond acceptors (Lipinski definition) is 3. The van der Waals surface area contributed by atoms with Gasteiger partial charge in [0.25, 0.3) is 5.91 Å². The Morgan fingerprint density at radius 2 is 1.62 bits per heavy atom. The lowest BCUT2D eigenvalue weighted by Crippen LogP contribution is -2.39. The number of rotatable bonds is 6. The Bertz CT molecular complexity index is 557. The molecule has 0 unspecified atom stereocenters. The number of hydrogen-bond donors (Lipinski definition) is 0. The van der Waals surface area contributed by atoms with Crippen molar-refractivity contribution in [2.75, 3.05) is 32.8 Å². The van der Waals surface area contributed by atoms with Crippen LogP contribution in [0.4, 0.5) is 0 Å². The number of benzene rings is 1. The summed E-state index contributed by atoms with van der Waals surface area (Å²) in [5, 5.41) is 0. The van der Waals surface area contributed by atoms with E-state index in [4.69, 9.17) is 4.74 Å². The first-order chi connectivity index (χ1) is 11.7. The standard InChI is InChI=1S/C19H26N2O3/c22-18(10-9-16-7-8-16)20-11-4-12-21(14-13-20)19(23)15-24-17-5-2-1-3-6-17/h1-3,5-6,16H,4,7-15H2. The van der Waals surface area contributed by atoms with E-state index in [2.05, 4.69) is 0 Å². The Morgan fingerprint density at radius 1 is 0.958 bits per heavy atom. The molecule has 130 valence electrons. The van der Waals surface area contributed by atoms with E-state index < -0.39 is 0 Å². The second-order valence-electron chi connectivity index (χ2n) is 6.70. The molecule has 2 amide bonds. The number of para-hydroxylation sites is 1. The molecular weight excluding hydrogens is 304 g/mol. The van der Waals surface area contributed by atoms with Crippen LogP contribution in [0.15, 0.2) is 30.3 Å². The van der Waals surface area contributed by atoms with Crippen molar-refractivity contribution in [3.8, 4) is 5.75 Å². The van der Waals surface area contributed by atoms with Crippen LogP contribution >= 0.6 is 0 Å². The van der Waals surface area contributed by atoms with E-state index in [0.29, 0.717) is 31.8 Å². The van der Waals surface area contributed by atoms with Crippen molar-refractivity contribution in [1.29, 1.82) is 0 Å². The number of nitrogens with zero attached hydrogens (tertiary/aromatic N) is 2. The minimum absolute atomic E-state index is 0.00821. The molecule has 5 nitrogen and oxygen atoms in total. The topological polar surface area (TPSA) is 49.9 Å². The highest BCUT2D eigenvalue weighted by Crippen LogP contribution is 2.33. The maximum absolute atomic E-state index is 12.3. The lowest BCUT2D eigenvalue weighted by molar-refractivity contribution is -0.134. The van der Waals surface area contributed by atoms with Gasteiger partial charge in [0.15, 0.2) is 6.61 Å². The largest absolute Gasteiger partial charge is 0.484 e. The molecule has 0 bridgehead atoms. The van der Waals surface area contributed by atoms with Crippen LogP contribution in [0.2, 0.25) is 0 Å². The van der Waals surface area contributed by atoms with Crippen LogP contribution in [0.5, 0.6) is 5.75 Å². The molecule has 1 saturated carbocycles. The molecule has 0 radical (unpaired) electrons. The van der Waals surface area contributed by atoms with E-state index in [1.54, 1.807) is 0 Å². The average molecular weight is 330 g/mol. The van der Waals surface area contributed by atoms with Gasteiger partial charge in [0.05, 0.1) is 0 Å². The predicted molar refractivity (Wildman–Crippen MR) is 91.7 cm³/mol. The molecule has 1 aliphatic heterocycles. The molecule has 1 aromatic carbocycles. The van der Waals surface area contributed by atoms with Crippen molar-refractivity contribution in [3.63, 3.8) is 0 Å². The zero-order valence-corrected chi connectivity index (χ0v) is 14.2. The van der Waals surface area contributed by atoms with E-state index in [1.807, 2.05) is 40.1 Å². The van der Waals surface area contributed by atoms with E-state index in [0.717, 1.165) is 25.3 Å². The van der Waals surface area contributed by atoms with Crippen LogP contribution in [0.3, 0.4) is 0 Å². The minimum Gasteiger partial charge on any atom is -0.484 e. The van der Waals surface area contributed by atoms with Gasteiger partial charge in [0.1, 0.15) is 5.75 Å². The first-order valence-corrected chi connectivity index (χ1v) is 8.96. The van der Waals surface area contributed by atoms with Crippen LogP contribution in [0, 0.1) is 5.92 Å². The Balaban J connectivity index is 1.42. The summed E-state index contributed by atoms with van der Waals surface area (Å²) in [7, 11) is 0. The zero-order chi connectivity index (χ0) is 16.8. The summed E-state index contributed by atoms with van der Waals surface area (Å²) in [6.07, 6.45) is 5.11. The molecule has 5 heteroatoms. The van der Waals surface area contributed by atoms with Gasteiger partial charge in [-0.05, 0) is 30.9 Å². The van der Waals surface area contributed by atoms with Gasteiger partial charge < -0.3 is 14.5 Å². The van der Waals surface area contributed by atoms with Crippen LogP contribution in [-0.4, -0.2) is 54.4 Å². The maximum atomic E-state index is 12.3. The predicted octanol–water partition coefficient (Wildman–Crippen LogP) is 2.32. The number of ether oxygens (including phenoxy) is 1. The molecule has 0 aromatic heterocycles. The minimum atomic E-state index is -0.00821. The molecule has 0 spiro atoms. The van der Waals surface area contributed by atoms with Gasteiger partial charge in [-0.1, -0.05) is 31.0 Å². The molecule has 2 aliphatic rings. The lowest BCUT2D eigenvalue weighted by atomic mass is 10.2. The fourth-order valence-electron chi connectivity index (χ4n) is 3.06. The van der Waals surface area contributed by atoms with Crippen molar-refractivity contribution in [2.45, 2.75) is 32.1 Å². The third-order valence-electron chi connectivity index (χ3n) is 4.77. The van der Waals surface area contributed by atoms with Crippen molar-refractivity contribution in [3.05, 3.63) is 30.3 Å². The number of carbonyl (C=O) groups is 2. The Hall–Kier alpha value is -2.04. The summed E-state index contributed by atoms with van der Waals surface area (Å²) in [5.41, 5.74) is 0. The van der Waals surface area contributed by atoms with E-state index >= 15 is 0 Å². The highest BCUT2D eigenvalue weighted by Gasteiger charge is 2.25. The van der Waals surface area contributed by atoms with E-state index in [-0.39, 0.29) is 18.4 Å². The van der Waals surface area contributed by atoms with Gasteiger partial charge in [-0.25, -0.2) is 0 Å². The van der Waals surface area contributed by atoms with Crippen molar-refractivity contribution in [2.24, 2.45) is 5.92 Å². The Morgan fingerprint density at radius 3 is 2.29 bits per heavy atom. The summed E-state index contributed by atoms with van der Waals surface area (Å²) in [6.45, 7) is 2.75.